The van der Waals surface area contributed by atoms with Crippen LogP contribution in [0.15, 0.2) is 34.0 Å². The summed E-state index contributed by atoms with van der Waals surface area (Å²) in [4.78, 5) is 4.63. The van der Waals surface area contributed by atoms with Crippen molar-refractivity contribution in [1.29, 1.82) is 0 Å². The largest absolute Gasteiger partial charge is 0.361 e. The quantitative estimate of drug-likeness (QED) is 0.284. The van der Waals surface area contributed by atoms with E-state index in [-0.39, 0.29) is 24.0 Å². The predicted molar refractivity (Wildman–Crippen MR) is 108 cm³/mol. The highest BCUT2D eigenvalue weighted by Crippen LogP contribution is 2.14. The number of halogens is 1. The van der Waals surface area contributed by atoms with Gasteiger partial charge in [-0.3, -0.25) is 4.99 Å². The van der Waals surface area contributed by atoms with E-state index in [1.807, 2.05) is 26.0 Å². The Balaban J connectivity index is 0.00000288. The fraction of sp³-hybridized carbons (Fsp3) is 0.529. The summed E-state index contributed by atoms with van der Waals surface area (Å²) in [7, 11) is 0. The van der Waals surface area contributed by atoms with Gasteiger partial charge in [-0.1, -0.05) is 5.16 Å². The van der Waals surface area contributed by atoms with Crippen LogP contribution in [0, 0.1) is 13.8 Å². The Hall–Kier alpha value is -1.51. The smallest absolute Gasteiger partial charge is 0.191 e. The van der Waals surface area contributed by atoms with Gasteiger partial charge in [-0.05, 0) is 45.7 Å². The van der Waals surface area contributed by atoms with E-state index in [2.05, 4.69) is 44.7 Å². The maximum absolute atomic E-state index is 5.19. The van der Waals surface area contributed by atoms with Crippen molar-refractivity contribution in [3.63, 3.8) is 0 Å². The zero-order valence-corrected chi connectivity index (χ0v) is 17.0. The van der Waals surface area contributed by atoms with Gasteiger partial charge in [0, 0.05) is 44.1 Å². The molecule has 0 fully saturated rings. The van der Waals surface area contributed by atoms with E-state index in [4.69, 9.17) is 4.52 Å². The van der Waals surface area contributed by atoms with Crippen molar-refractivity contribution in [1.82, 2.24) is 20.4 Å². The second kappa shape index (κ2) is 11.1. The molecule has 0 aromatic carbocycles. The summed E-state index contributed by atoms with van der Waals surface area (Å²) in [5, 5.41) is 10.6. The standard InChI is InChI=1S/C17H27N5O.HI/c1-4-18-17(20-10-13-22-11-5-6-12-22)19-9-7-8-16-14(2)21-23-15(16)3;/h5-6,11-12H,4,7-10,13H2,1-3H3,(H2,18,19,20);1H. The Bertz CT molecular complexity index is 587. The number of aromatic nitrogens is 2. The first-order valence-electron chi connectivity index (χ1n) is 8.25. The van der Waals surface area contributed by atoms with Gasteiger partial charge in [0.05, 0.1) is 5.69 Å². The van der Waals surface area contributed by atoms with Crippen LogP contribution in [0.2, 0.25) is 0 Å². The van der Waals surface area contributed by atoms with E-state index in [1.165, 1.54) is 5.56 Å². The third-order valence-corrected chi connectivity index (χ3v) is 3.71. The van der Waals surface area contributed by atoms with E-state index in [9.17, 15) is 0 Å². The summed E-state index contributed by atoms with van der Waals surface area (Å²) in [6.45, 7) is 9.45. The summed E-state index contributed by atoms with van der Waals surface area (Å²) in [5.41, 5.74) is 2.20. The molecular weight excluding hydrogens is 417 g/mol. The van der Waals surface area contributed by atoms with Crippen molar-refractivity contribution >= 4 is 29.9 Å². The second-order valence-corrected chi connectivity index (χ2v) is 5.51. The number of rotatable bonds is 8. The second-order valence-electron chi connectivity index (χ2n) is 5.51. The maximum Gasteiger partial charge on any atom is 0.191 e. The molecule has 0 aliphatic heterocycles. The molecule has 0 unspecified atom stereocenters. The average Bonchev–Trinajstić information content (AvgIpc) is 3.15. The minimum Gasteiger partial charge on any atom is -0.361 e. The predicted octanol–water partition coefficient (Wildman–Crippen LogP) is 2.90. The van der Waals surface area contributed by atoms with Crippen LogP contribution in [-0.4, -0.2) is 35.3 Å². The van der Waals surface area contributed by atoms with Gasteiger partial charge in [-0.15, -0.1) is 24.0 Å². The topological polar surface area (TPSA) is 67.4 Å². The Morgan fingerprint density at radius 1 is 1.25 bits per heavy atom. The van der Waals surface area contributed by atoms with Crippen LogP contribution in [0.3, 0.4) is 0 Å². The number of hydrogen-bond donors (Lipinski definition) is 2. The van der Waals surface area contributed by atoms with Gasteiger partial charge in [0.15, 0.2) is 5.96 Å². The molecule has 2 aromatic heterocycles. The summed E-state index contributed by atoms with van der Waals surface area (Å²) in [5.74, 6) is 1.79. The van der Waals surface area contributed by atoms with Crippen molar-refractivity contribution in [3.05, 3.63) is 41.5 Å². The lowest BCUT2D eigenvalue weighted by Gasteiger charge is -2.11. The van der Waals surface area contributed by atoms with Gasteiger partial charge in [0.2, 0.25) is 0 Å². The summed E-state index contributed by atoms with van der Waals surface area (Å²) in [6.07, 6.45) is 6.06. The fourth-order valence-electron chi connectivity index (χ4n) is 2.47. The molecule has 0 aliphatic carbocycles. The molecule has 7 heteroatoms. The number of guanidine groups is 1. The Kier molecular flexibility index (Phi) is 9.51. The lowest BCUT2D eigenvalue weighted by molar-refractivity contribution is 0.392. The van der Waals surface area contributed by atoms with E-state index >= 15 is 0 Å². The van der Waals surface area contributed by atoms with Crippen molar-refractivity contribution in [2.24, 2.45) is 4.99 Å². The molecule has 134 valence electrons. The molecule has 2 heterocycles. The molecule has 0 bridgehead atoms. The van der Waals surface area contributed by atoms with Crippen LogP contribution in [0.5, 0.6) is 0 Å². The molecule has 2 N–H and O–H groups in total. The minimum atomic E-state index is 0. The molecule has 0 saturated carbocycles. The summed E-state index contributed by atoms with van der Waals surface area (Å²) in [6, 6.07) is 4.07. The molecule has 6 nitrogen and oxygen atoms in total. The summed E-state index contributed by atoms with van der Waals surface area (Å²) >= 11 is 0. The van der Waals surface area contributed by atoms with E-state index in [1.54, 1.807) is 0 Å². The van der Waals surface area contributed by atoms with Gasteiger partial charge in [0.25, 0.3) is 0 Å². The lowest BCUT2D eigenvalue weighted by Crippen LogP contribution is -2.38. The van der Waals surface area contributed by atoms with Crippen molar-refractivity contribution in [2.75, 3.05) is 19.6 Å². The molecule has 0 atom stereocenters. The summed E-state index contributed by atoms with van der Waals surface area (Å²) < 4.78 is 7.33. The third-order valence-electron chi connectivity index (χ3n) is 3.71. The van der Waals surface area contributed by atoms with Gasteiger partial charge in [-0.2, -0.15) is 0 Å². The van der Waals surface area contributed by atoms with Crippen LogP contribution in [-0.2, 0) is 13.0 Å². The average molecular weight is 445 g/mol. The number of aryl methyl sites for hydroxylation is 2. The van der Waals surface area contributed by atoms with E-state index in [0.29, 0.717) is 0 Å². The molecule has 2 aromatic rings. The molecule has 0 spiro atoms. The van der Waals surface area contributed by atoms with Crippen molar-refractivity contribution < 1.29 is 4.52 Å². The van der Waals surface area contributed by atoms with Crippen LogP contribution >= 0.6 is 24.0 Å². The lowest BCUT2D eigenvalue weighted by atomic mass is 10.1. The SMILES string of the molecule is CCNC(=NCCCc1c(C)noc1C)NCCn1cccc1.I. The van der Waals surface area contributed by atoms with Gasteiger partial charge < -0.3 is 19.7 Å². The van der Waals surface area contributed by atoms with Crippen LogP contribution in [0.25, 0.3) is 0 Å². The first kappa shape index (κ1) is 20.5. The maximum atomic E-state index is 5.19. The molecule has 0 aliphatic rings. The Morgan fingerprint density at radius 3 is 2.62 bits per heavy atom. The highest BCUT2D eigenvalue weighted by molar-refractivity contribution is 14.0. The molecule has 0 amide bonds. The number of nitrogens with one attached hydrogen (secondary N) is 2. The molecule has 24 heavy (non-hydrogen) atoms. The highest BCUT2D eigenvalue weighted by atomic mass is 127. The van der Waals surface area contributed by atoms with Crippen molar-refractivity contribution in [2.45, 2.75) is 40.2 Å². The Labute approximate surface area is 161 Å². The van der Waals surface area contributed by atoms with Crippen molar-refractivity contribution in [3.8, 4) is 0 Å². The number of hydrogen-bond acceptors (Lipinski definition) is 3. The van der Waals surface area contributed by atoms with E-state index in [0.717, 1.165) is 56.4 Å². The van der Waals surface area contributed by atoms with Gasteiger partial charge in [-0.25, -0.2) is 0 Å². The minimum absolute atomic E-state index is 0. The number of nitrogens with zero attached hydrogens (tertiary/aromatic N) is 3. The normalized spacial score (nSPS) is 11.2. The molecule has 0 saturated heterocycles. The van der Waals surface area contributed by atoms with E-state index < -0.39 is 0 Å². The highest BCUT2D eigenvalue weighted by Gasteiger charge is 2.07. The number of aliphatic imine (C=N–C) groups is 1. The first-order valence-corrected chi connectivity index (χ1v) is 8.25. The van der Waals surface area contributed by atoms with Gasteiger partial charge in [0.1, 0.15) is 5.76 Å². The third kappa shape index (κ3) is 6.54. The van der Waals surface area contributed by atoms with Crippen LogP contribution in [0.4, 0.5) is 0 Å². The zero-order chi connectivity index (χ0) is 16.5. The van der Waals surface area contributed by atoms with Gasteiger partial charge >= 0.3 is 0 Å². The fourth-order valence-corrected chi connectivity index (χ4v) is 2.47. The molecule has 2 rings (SSSR count). The monoisotopic (exact) mass is 445 g/mol. The zero-order valence-electron chi connectivity index (χ0n) is 14.7. The Morgan fingerprint density at radius 2 is 2.00 bits per heavy atom. The van der Waals surface area contributed by atoms with Crippen LogP contribution < -0.4 is 10.6 Å². The molecule has 0 radical (unpaired) electrons. The molecular formula is C17H28IN5O. The first-order chi connectivity index (χ1) is 11.2. The van der Waals surface area contributed by atoms with Crippen LogP contribution in [0.1, 0.15) is 30.4 Å².